The van der Waals surface area contributed by atoms with Gasteiger partial charge in [-0.05, 0) is 18.9 Å². The molecule has 0 N–H and O–H groups in total. The molecule has 110 valence electrons. The number of amides is 1. The van der Waals surface area contributed by atoms with E-state index in [-0.39, 0.29) is 12.0 Å². The molecule has 0 bridgehead atoms. The zero-order valence-corrected chi connectivity index (χ0v) is 12.0. The van der Waals surface area contributed by atoms with Gasteiger partial charge in [0.05, 0.1) is 24.9 Å². The van der Waals surface area contributed by atoms with E-state index < -0.39 is 0 Å². The molecule has 3 rings (SSSR count). The smallest absolute Gasteiger partial charge is 0.236 e. The van der Waals surface area contributed by atoms with Crippen molar-refractivity contribution in [3.8, 4) is 0 Å². The van der Waals surface area contributed by atoms with Gasteiger partial charge in [-0.2, -0.15) is 5.10 Å². The van der Waals surface area contributed by atoms with Crippen LogP contribution in [0, 0.1) is 0 Å². The van der Waals surface area contributed by atoms with Gasteiger partial charge in [-0.3, -0.25) is 14.4 Å². The van der Waals surface area contributed by atoms with Gasteiger partial charge in [-0.25, -0.2) is 0 Å². The molecule has 20 heavy (non-hydrogen) atoms. The van der Waals surface area contributed by atoms with Crippen molar-refractivity contribution >= 4 is 5.91 Å². The molecule has 6 nitrogen and oxygen atoms in total. The van der Waals surface area contributed by atoms with Gasteiger partial charge in [-0.15, -0.1) is 0 Å². The largest absolute Gasteiger partial charge is 0.378 e. The van der Waals surface area contributed by atoms with Crippen LogP contribution in [0.5, 0.6) is 0 Å². The average molecular weight is 278 g/mol. The summed E-state index contributed by atoms with van der Waals surface area (Å²) >= 11 is 0. The van der Waals surface area contributed by atoms with E-state index in [2.05, 4.69) is 10.00 Å². The van der Waals surface area contributed by atoms with Gasteiger partial charge in [0, 0.05) is 39.5 Å². The molecule has 0 radical (unpaired) electrons. The Balaban J connectivity index is 1.67. The maximum Gasteiger partial charge on any atom is 0.236 e. The molecule has 1 amide bonds. The first-order valence-corrected chi connectivity index (χ1v) is 7.30. The monoisotopic (exact) mass is 278 g/mol. The van der Waals surface area contributed by atoms with Crippen LogP contribution in [0.1, 0.15) is 18.5 Å². The van der Waals surface area contributed by atoms with Crippen molar-refractivity contribution in [3.05, 3.63) is 18.0 Å². The lowest BCUT2D eigenvalue weighted by atomic mass is 10.3. The molecule has 1 saturated heterocycles. The van der Waals surface area contributed by atoms with E-state index in [1.165, 1.54) is 0 Å². The molecule has 1 unspecified atom stereocenters. The normalized spacial score (nSPS) is 23.6. The van der Waals surface area contributed by atoms with E-state index in [0.29, 0.717) is 6.54 Å². The van der Waals surface area contributed by atoms with Crippen LogP contribution in [0.3, 0.4) is 0 Å². The van der Waals surface area contributed by atoms with Gasteiger partial charge >= 0.3 is 0 Å². The first kappa shape index (κ1) is 13.6. The molecule has 2 aliphatic heterocycles. The minimum Gasteiger partial charge on any atom is -0.378 e. The Kier molecular flexibility index (Phi) is 4.03. The van der Waals surface area contributed by atoms with Crippen molar-refractivity contribution < 1.29 is 9.53 Å². The summed E-state index contributed by atoms with van der Waals surface area (Å²) in [5.74, 6) is 0.241. The lowest BCUT2D eigenvalue weighted by Crippen LogP contribution is -2.41. The fourth-order valence-corrected chi connectivity index (χ4v) is 3.02. The molecule has 0 aliphatic carbocycles. The van der Waals surface area contributed by atoms with Crippen molar-refractivity contribution in [1.82, 2.24) is 19.6 Å². The van der Waals surface area contributed by atoms with E-state index >= 15 is 0 Å². The number of likely N-dealkylation sites (tertiary alicyclic amines) is 1. The Morgan fingerprint density at radius 2 is 2.20 bits per heavy atom. The number of carbonyl (C=O) groups is 1. The maximum absolute atomic E-state index is 12.3. The summed E-state index contributed by atoms with van der Waals surface area (Å²) in [5, 5.41) is 4.32. The van der Waals surface area contributed by atoms with Gasteiger partial charge in [0.2, 0.25) is 5.91 Å². The highest BCUT2D eigenvalue weighted by Gasteiger charge is 2.26. The van der Waals surface area contributed by atoms with Crippen molar-refractivity contribution in [2.45, 2.75) is 32.0 Å². The Morgan fingerprint density at radius 3 is 2.95 bits per heavy atom. The molecule has 1 aromatic heterocycles. The number of rotatable bonds is 3. The van der Waals surface area contributed by atoms with Gasteiger partial charge in [0.25, 0.3) is 0 Å². The van der Waals surface area contributed by atoms with E-state index in [1.807, 2.05) is 21.8 Å². The second-order valence-electron chi connectivity index (χ2n) is 5.62. The summed E-state index contributed by atoms with van der Waals surface area (Å²) in [6, 6.07) is 2.02. The summed E-state index contributed by atoms with van der Waals surface area (Å²) in [6.07, 6.45) is 4.18. The standard InChI is InChI=1S/C14H22N4O2/c1-20-13-9-16(8-12-4-5-15-18(12)10-13)11-14(19)17-6-2-3-7-17/h4-5,13H,2-3,6-11H2,1H3. The summed E-state index contributed by atoms with van der Waals surface area (Å²) in [7, 11) is 1.72. The average Bonchev–Trinajstić information content (AvgIpc) is 3.08. The first-order chi connectivity index (χ1) is 9.76. The fraction of sp³-hybridized carbons (Fsp3) is 0.714. The quantitative estimate of drug-likeness (QED) is 0.800. The Bertz CT molecular complexity index is 467. The molecule has 3 heterocycles. The van der Waals surface area contributed by atoms with Gasteiger partial charge in [-0.1, -0.05) is 0 Å². The second kappa shape index (κ2) is 5.93. The number of hydrogen-bond acceptors (Lipinski definition) is 4. The molecular formula is C14H22N4O2. The number of fused-ring (bicyclic) bond motifs is 1. The number of methoxy groups -OCH3 is 1. The SMILES string of the molecule is COC1CN(CC(=O)N2CCCC2)Cc2ccnn2C1. The summed E-state index contributed by atoms with van der Waals surface area (Å²) < 4.78 is 7.49. The zero-order chi connectivity index (χ0) is 13.9. The lowest BCUT2D eigenvalue weighted by Gasteiger charge is -2.25. The van der Waals surface area contributed by atoms with Crippen molar-refractivity contribution in [2.24, 2.45) is 0 Å². The minimum atomic E-state index is 0.0857. The van der Waals surface area contributed by atoms with Crippen LogP contribution in [0.25, 0.3) is 0 Å². The highest BCUT2D eigenvalue weighted by Crippen LogP contribution is 2.14. The molecule has 6 heteroatoms. The summed E-state index contributed by atoms with van der Waals surface area (Å²) in [5.41, 5.74) is 1.15. The maximum atomic E-state index is 12.3. The predicted molar refractivity (Wildman–Crippen MR) is 74.1 cm³/mol. The van der Waals surface area contributed by atoms with Crippen LogP contribution in [-0.2, 0) is 22.6 Å². The minimum absolute atomic E-state index is 0.0857. The number of nitrogens with zero attached hydrogens (tertiary/aromatic N) is 4. The number of carbonyl (C=O) groups excluding carboxylic acids is 1. The topological polar surface area (TPSA) is 50.6 Å². The van der Waals surface area contributed by atoms with E-state index in [0.717, 1.165) is 51.3 Å². The number of hydrogen-bond donors (Lipinski definition) is 0. The lowest BCUT2D eigenvalue weighted by molar-refractivity contribution is -0.131. The van der Waals surface area contributed by atoms with E-state index in [9.17, 15) is 4.79 Å². The molecule has 2 aliphatic rings. The fourth-order valence-electron chi connectivity index (χ4n) is 3.02. The van der Waals surface area contributed by atoms with Gasteiger partial charge in [0.15, 0.2) is 0 Å². The second-order valence-corrected chi connectivity index (χ2v) is 5.62. The molecule has 0 saturated carbocycles. The molecule has 1 fully saturated rings. The third-order valence-electron chi connectivity index (χ3n) is 4.18. The zero-order valence-electron chi connectivity index (χ0n) is 12.0. The van der Waals surface area contributed by atoms with Crippen molar-refractivity contribution in [3.63, 3.8) is 0 Å². The van der Waals surface area contributed by atoms with Crippen LogP contribution >= 0.6 is 0 Å². The van der Waals surface area contributed by atoms with Crippen molar-refractivity contribution in [2.75, 3.05) is 33.3 Å². The molecule has 0 spiro atoms. The number of ether oxygens (including phenoxy) is 1. The number of aromatic nitrogens is 2. The van der Waals surface area contributed by atoms with E-state index in [4.69, 9.17) is 4.74 Å². The molecular weight excluding hydrogens is 256 g/mol. The summed E-state index contributed by atoms with van der Waals surface area (Å²) in [4.78, 5) is 16.4. The molecule has 1 aromatic rings. The highest BCUT2D eigenvalue weighted by atomic mass is 16.5. The van der Waals surface area contributed by atoms with Crippen LogP contribution in [-0.4, -0.2) is 64.9 Å². The van der Waals surface area contributed by atoms with Crippen LogP contribution in [0.2, 0.25) is 0 Å². The van der Waals surface area contributed by atoms with Gasteiger partial charge < -0.3 is 9.64 Å². The van der Waals surface area contributed by atoms with Crippen LogP contribution in [0.15, 0.2) is 12.3 Å². The Hall–Kier alpha value is -1.40. The molecule has 1 atom stereocenters. The Morgan fingerprint density at radius 1 is 1.40 bits per heavy atom. The van der Waals surface area contributed by atoms with Crippen LogP contribution < -0.4 is 0 Å². The highest BCUT2D eigenvalue weighted by molar-refractivity contribution is 5.78. The van der Waals surface area contributed by atoms with Crippen molar-refractivity contribution in [1.29, 1.82) is 0 Å². The van der Waals surface area contributed by atoms with Crippen LogP contribution in [0.4, 0.5) is 0 Å². The van der Waals surface area contributed by atoms with Gasteiger partial charge in [0.1, 0.15) is 0 Å². The summed E-state index contributed by atoms with van der Waals surface area (Å²) in [6.45, 7) is 4.60. The van der Waals surface area contributed by atoms with E-state index in [1.54, 1.807) is 7.11 Å². The Labute approximate surface area is 119 Å². The first-order valence-electron chi connectivity index (χ1n) is 7.30. The predicted octanol–water partition coefficient (Wildman–Crippen LogP) is 0.336. The third-order valence-corrected chi connectivity index (χ3v) is 4.18. The third kappa shape index (κ3) is 2.86. The molecule has 0 aromatic carbocycles.